The van der Waals surface area contributed by atoms with Crippen LogP contribution in [0.25, 0.3) is 0 Å². The quantitative estimate of drug-likeness (QED) is 0.793. The largest absolute Gasteiger partial charge is 0.336 e. The number of nitrogens with zero attached hydrogens (tertiary/aromatic N) is 3. The molecule has 0 N–H and O–H groups in total. The minimum Gasteiger partial charge on any atom is -0.336 e. The average molecular weight is 337 g/mol. The summed E-state index contributed by atoms with van der Waals surface area (Å²) in [5, 5.41) is 0. The van der Waals surface area contributed by atoms with Gasteiger partial charge in [-0.3, -0.25) is 14.7 Å². The van der Waals surface area contributed by atoms with Crippen LogP contribution in [-0.2, 0) is 21.1 Å². The van der Waals surface area contributed by atoms with Crippen molar-refractivity contribution < 1.29 is 13.2 Å². The number of hydrogen-bond acceptors (Lipinski definition) is 5. The van der Waals surface area contributed by atoms with Gasteiger partial charge in [0.15, 0.2) is 9.84 Å². The molecule has 0 aliphatic carbocycles. The van der Waals surface area contributed by atoms with E-state index in [1.54, 1.807) is 17.3 Å². The average Bonchev–Trinajstić information content (AvgIpc) is 2.84. The normalized spacial score (nSPS) is 26.9. The Balaban J connectivity index is 1.76. The Morgan fingerprint density at radius 3 is 2.78 bits per heavy atom. The molecular weight excluding hydrogens is 314 g/mol. The Kier molecular flexibility index (Phi) is 4.68. The van der Waals surface area contributed by atoms with Crippen LogP contribution in [0.1, 0.15) is 18.9 Å². The zero-order valence-electron chi connectivity index (χ0n) is 13.4. The third-order valence-electron chi connectivity index (χ3n) is 4.70. The van der Waals surface area contributed by atoms with E-state index in [1.165, 1.54) is 0 Å². The van der Waals surface area contributed by atoms with Crippen molar-refractivity contribution in [1.82, 2.24) is 14.8 Å². The number of aromatic nitrogens is 1. The Labute approximate surface area is 137 Å². The highest BCUT2D eigenvalue weighted by Crippen LogP contribution is 2.27. The van der Waals surface area contributed by atoms with Gasteiger partial charge in [-0.25, -0.2) is 8.42 Å². The van der Waals surface area contributed by atoms with Gasteiger partial charge in [0.1, 0.15) is 0 Å². The molecular formula is C16H23N3O3S. The highest BCUT2D eigenvalue weighted by atomic mass is 32.2. The predicted molar refractivity (Wildman–Crippen MR) is 87.7 cm³/mol. The third-order valence-corrected chi connectivity index (χ3v) is 6.40. The number of carbonyl (C=O) groups is 1. The number of rotatable bonds is 4. The van der Waals surface area contributed by atoms with Crippen molar-refractivity contribution in [3.05, 3.63) is 30.1 Å². The summed E-state index contributed by atoms with van der Waals surface area (Å²) in [5.41, 5.74) is 0.867. The summed E-state index contributed by atoms with van der Waals surface area (Å²) in [6.45, 7) is 4.35. The number of sulfone groups is 1. The van der Waals surface area contributed by atoms with Crippen LogP contribution in [0.5, 0.6) is 0 Å². The molecule has 2 saturated heterocycles. The van der Waals surface area contributed by atoms with Gasteiger partial charge >= 0.3 is 0 Å². The smallest absolute Gasteiger partial charge is 0.227 e. The van der Waals surface area contributed by atoms with Gasteiger partial charge in [-0.2, -0.15) is 0 Å². The van der Waals surface area contributed by atoms with E-state index < -0.39 is 9.84 Å². The van der Waals surface area contributed by atoms with Gasteiger partial charge in [0.2, 0.25) is 5.91 Å². The molecule has 0 radical (unpaired) electrons. The molecule has 0 spiro atoms. The van der Waals surface area contributed by atoms with E-state index in [0.717, 1.165) is 25.1 Å². The van der Waals surface area contributed by atoms with Gasteiger partial charge in [-0.1, -0.05) is 13.0 Å². The topological polar surface area (TPSA) is 70.6 Å². The number of piperazine rings is 1. The molecule has 2 aliphatic heterocycles. The maximum Gasteiger partial charge on any atom is 0.227 e. The molecule has 0 saturated carbocycles. The molecule has 0 bridgehead atoms. The third kappa shape index (κ3) is 3.55. The van der Waals surface area contributed by atoms with E-state index in [9.17, 15) is 13.2 Å². The molecule has 0 unspecified atom stereocenters. The van der Waals surface area contributed by atoms with Crippen molar-refractivity contribution in [1.29, 1.82) is 0 Å². The molecule has 7 heteroatoms. The van der Waals surface area contributed by atoms with Crippen LogP contribution in [0, 0.1) is 0 Å². The van der Waals surface area contributed by atoms with Crippen LogP contribution in [0.15, 0.2) is 24.5 Å². The molecule has 1 amide bonds. The number of hydrogen-bond donors (Lipinski definition) is 0. The molecule has 3 heterocycles. The highest BCUT2D eigenvalue weighted by molar-refractivity contribution is 7.91. The minimum atomic E-state index is -3.07. The molecule has 2 atom stereocenters. The van der Waals surface area contributed by atoms with E-state index >= 15 is 0 Å². The van der Waals surface area contributed by atoms with Gasteiger partial charge in [0.25, 0.3) is 0 Å². The summed E-state index contributed by atoms with van der Waals surface area (Å²) in [4.78, 5) is 20.7. The standard InChI is InChI=1S/C16H23N3O3S/c1-2-6-18-7-8-19(15-12-23(21,22)11-14(15)18)16(20)9-13-4-3-5-17-10-13/h3-5,10,14-15H,2,6-9,11-12H2,1H3/t14-,15+/m1/s1. The molecule has 23 heavy (non-hydrogen) atoms. The molecule has 2 aliphatic rings. The van der Waals surface area contributed by atoms with E-state index in [2.05, 4.69) is 16.8 Å². The van der Waals surface area contributed by atoms with E-state index in [1.807, 2.05) is 12.1 Å². The lowest BCUT2D eigenvalue weighted by Gasteiger charge is -2.44. The van der Waals surface area contributed by atoms with Gasteiger partial charge in [0.05, 0.1) is 24.0 Å². The van der Waals surface area contributed by atoms with Crippen LogP contribution in [-0.4, -0.2) is 72.3 Å². The summed E-state index contributed by atoms with van der Waals surface area (Å²) in [5.74, 6) is 0.270. The fourth-order valence-electron chi connectivity index (χ4n) is 3.68. The summed E-state index contributed by atoms with van der Waals surface area (Å²) >= 11 is 0. The summed E-state index contributed by atoms with van der Waals surface area (Å²) in [6, 6.07) is 3.43. The van der Waals surface area contributed by atoms with Crippen molar-refractivity contribution in [3.63, 3.8) is 0 Å². The maximum absolute atomic E-state index is 12.7. The number of carbonyl (C=O) groups excluding carboxylic acids is 1. The van der Waals surface area contributed by atoms with Crippen LogP contribution in [0.3, 0.4) is 0 Å². The molecule has 1 aromatic heterocycles. The van der Waals surface area contributed by atoms with Gasteiger partial charge in [-0.15, -0.1) is 0 Å². The zero-order valence-corrected chi connectivity index (χ0v) is 14.2. The second kappa shape index (κ2) is 6.57. The van der Waals surface area contributed by atoms with Crippen molar-refractivity contribution in [3.8, 4) is 0 Å². The second-order valence-corrected chi connectivity index (χ2v) is 8.53. The van der Waals surface area contributed by atoms with Crippen molar-refractivity contribution in [2.45, 2.75) is 31.8 Å². The summed E-state index contributed by atoms with van der Waals surface area (Å²) < 4.78 is 24.2. The number of pyridine rings is 1. The predicted octanol–water partition coefficient (Wildman–Crippen LogP) is 0.344. The highest BCUT2D eigenvalue weighted by Gasteiger charge is 2.47. The van der Waals surface area contributed by atoms with E-state index in [4.69, 9.17) is 0 Å². The lowest BCUT2D eigenvalue weighted by molar-refractivity contribution is -0.136. The number of fused-ring (bicyclic) bond motifs is 1. The first-order valence-electron chi connectivity index (χ1n) is 8.13. The SMILES string of the molecule is CCCN1CCN(C(=O)Cc2cccnc2)[C@H]2CS(=O)(=O)C[C@H]21. The van der Waals surface area contributed by atoms with Crippen molar-refractivity contribution >= 4 is 15.7 Å². The van der Waals surface area contributed by atoms with Crippen LogP contribution >= 0.6 is 0 Å². The molecule has 126 valence electrons. The van der Waals surface area contributed by atoms with Crippen molar-refractivity contribution in [2.75, 3.05) is 31.1 Å². The van der Waals surface area contributed by atoms with E-state index in [0.29, 0.717) is 6.54 Å². The molecule has 1 aromatic rings. The Hall–Kier alpha value is -1.47. The zero-order chi connectivity index (χ0) is 16.4. The minimum absolute atomic E-state index is 0.00116. The lowest BCUT2D eigenvalue weighted by atomic mass is 10.0. The Morgan fingerprint density at radius 2 is 2.09 bits per heavy atom. The first kappa shape index (κ1) is 16.4. The fraction of sp³-hybridized carbons (Fsp3) is 0.625. The van der Waals surface area contributed by atoms with Crippen molar-refractivity contribution in [2.24, 2.45) is 0 Å². The summed E-state index contributed by atoms with van der Waals surface area (Å²) in [6.07, 6.45) is 4.64. The Bertz CT molecular complexity index is 662. The maximum atomic E-state index is 12.7. The van der Waals surface area contributed by atoms with Crippen LogP contribution in [0.4, 0.5) is 0 Å². The molecule has 6 nitrogen and oxygen atoms in total. The molecule has 2 fully saturated rings. The second-order valence-electron chi connectivity index (χ2n) is 6.37. The first-order valence-corrected chi connectivity index (χ1v) is 9.95. The monoisotopic (exact) mass is 337 g/mol. The van der Waals surface area contributed by atoms with Crippen LogP contribution in [0.2, 0.25) is 0 Å². The molecule has 0 aromatic carbocycles. The molecule has 3 rings (SSSR count). The van der Waals surface area contributed by atoms with Gasteiger partial charge < -0.3 is 4.90 Å². The first-order chi connectivity index (χ1) is 11.0. The van der Waals surface area contributed by atoms with E-state index in [-0.39, 0.29) is 35.9 Å². The van der Waals surface area contributed by atoms with Crippen LogP contribution < -0.4 is 0 Å². The van der Waals surface area contributed by atoms with Gasteiger partial charge in [0, 0.05) is 31.5 Å². The fourth-order valence-corrected chi connectivity index (χ4v) is 5.69. The lowest BCUT2D eigenvalue weighted by Crippen LogP contribution is -2.60. The summed E-state index contributed by atoms with van der Waals surface area (Å²) in [7, 11) is -3.07. The Morgan fingerprint density at radius 1 is 1.30 bits per heavy atom. The van der Waals surface area contributed by atoms with Gasteiger partial charge in [-0.05, 0) is 24.6 Å². The number of amides is 1.